The van der Waals surface area contributed by atoms with Gasteiger partial charge in [-0.1, -0.05) is 11.6 Å². The molecule has 0 fully saturated rings. The molecule has 0 saturated heterocycles. The molecule has 27 heavy (non-hydrogen) atoms. The molecular weight excluding hydrogens is 384 g/mol. The summed E-state index contributed by atoms with van der Waals surface area (Å²) in [5, 5.41) is 10.3. The molecule has 0 saturated carbocycles. The van der Waals surface area contributed by atoms with Crippen LogP contribution in [0.15, 0.2) is 6.20 Å². The summed E-state index contributed by atoms with van der Waals surface area (Å²) in [5.41, 5.74) is 4.41. The molecule has 9 heteroatoms. The van der Waals surface area contributed by atoms with Crippen LogP contribution in [0.25, 0.3) is 0 Å². The van der Waals surface area contributed by atoms with E-state index < -0.39 is 0 Å². The maximum atomic E-state index is 13.3. The monoisotopic (exact) mass is 406 g/mol. The zero-order valence-corrected chi connectivity index (χ0v) is 17.9. The standard InChI is InChI=1S/C18H23ClN6OS/c1-10-14(12(3)24(6)21-10)7-25(9-16-15(19)8-23(5)22-16)18(26)17-11(2)20-13(4)27-17/h8H,7,9H2,1-6H3. The Balaban J connectivity index is 1.99. The minimum absolute atomic E-state index is 0.0672. The lowest BCUT2D eigenvalue weighted by molar-refractivity contribution is 0.0731. The van der Waals surface area contributed by atoms with Crippen LogP contribution in [0.5, 0.6) is 0 Å². The third-order valence-corrected chi connectivity index (χ3v) is 5.96. The van der Waals surface area contributed by atoms with Gasteiger partial charge in [0.25, 0.3) is 5.91 Å². The van der Waals surface area contributed by atoms with Crippen LogP contribution >= 0.6 is 22.9 Å². The average Bonchev–Trinajstić information content (AvgIpc) is 3.17. The van der Waals surface area contributed by atoms with Crippen molar-refractivity contribution in [2.24, 2.45) is 14.1 Å². The van der Waals surface area contributed by atoms with Gasteiger partial charge in [-0.3, -0.25) is 14.2 Å². The highest BCUT2D eigenvalue weighted by molar-refractivity contribution is 7.13. The minimum atomic E-state index is -0.0672. The van der Waals surface area contributed by atoms with Crippen molar-refractivity contribution in [1.82, 2.24) is 29.4 Å². The third kappa shape index (κ3) is 3.91. The number of carbonyl (C=O) groups excluding carboxylic acids is 1. The maximum absolute atomic E-state index is 13.3. The van der Waals surface area contributed by atoms with Crippen LogP contribution in [0.3, 0.4) is 0 Å². The van der Waals surface area contributed by atoms with E-state index in [-0.39, 0.29) is 5.91 Å². The lowest BCUT2D eigenvalue weighted by Crippen LogP contribution is -2.31. The number of carbonyl (C=O) groups is 1. The highest BCUT2D eigenvalue weighted by Gasteiger charge is 2.25. The van der Waals surface area contributed by atoms with Crippen molar-refractivity contribution in [1.29, 1.82) is 0 Å². The molecule has 0 atom stereocenters. The van der Waals surface area contributed by atoms with Gasteiger partial charge in [-0.2, -0.15) is 10.2 Å². The highest BCUT2D eigenvalue weighted by Crippen LogP contribution is 2.25. The third-order valence-electron chi connectivity index (χ3n) is 4.59. The summed E-state index contributed by atoms with van der Waals surface area (Å²) in [6.07, 6.45) is 1.74. The van der Waals surface area contributed by atoms with Crippen molar-refractivity contribution in [2.45, 2.75) is 40.8 Å². The first-order valence-electron chi connectivity index (χ1n) is 8.57. The molecule has 0 aliphatic rings. The SMILES string of the molecule is Cc1nc(C)c(C(=O)N(Cc2nn(C)cc2Cl)Cc2c(C)nn(C)c2C)s1. The van der Waals surface area contributed by atoms with Crippen LogP contribution in [0.4, 0.5) is 0 Å². The fourth-order valence-corrected chi connectivity index (χ4v) is 4.23. The molecule has 0 aliphatic heterocycles. The van der Waals surface area contributed by atoms with Crippen molar-refractivity contribution in [2.75, 3.05) is 0 Å². The largest absolute Gasteiger partial charge is 0.327 e. The second kappa shape index (κ2) is 7.44. The smallest absolute Gasteiger partial charge is 0.266 e. The number of amides is 1. The topological polar surface area (TPSA) is 68.8 Å². The zero-order valence-electron chi connectivity index (χ0n) is 16.4. The van der Waals surface area contributed by atoms with Gasteiger partial charge < -0.3 is 4.90 Å². The summed E-state index contributed by atoms with van der Waals surface area (Å²) in [6.45, 7) is 8.50. The molecule has 3 heterocycles. The van der Waals surface area contributed by atoms with Crippen LogP contribution in [0, 0.1) is 27.7 Å². The van der Waals surface area contributed by atoms with E-state index in [2.05, 4.69) is 15.2 Å². The number of hydrogen-bond acceptors (Lipinski definition) is 5. The Morgan fingerprint density at radius 1 is 1.15 bits per heavy atom. The molecule has 3 aromatic rings. The van der Waals surface area contributed by atoms with Gasteiger partial charge in [0.2, 0.25) is 0 Å². The quantitative estimate of drug-likeness (QED) is 0.651. The number of hydrogen-bond donors (Lipinski definition) is 0. The van der Waals surface area contributed by atoms with E-state index in [4.69, 9.17) is 11.6 Å². The number of nitrogens with zero attached hydrogens (tertiary/aromatic N) is 6. The molecule has 144 valence electrons. The first-order valence-corrected chi connectivity index (χ1v) is 9.77. The molecule has 3 rings (SSSR count). The lowest BCUT2D eigenvalue weighted by atomic mass is 10.1. The van der Waals surface area contributed by atoms with Gasteiger partial charge >= 0.3 is 0 Å². The minimum Gasteiger partial charge on any atom is -0.327 e. The Morgan fingerprint density at radius 3 is 2.33 bits per heavy atom. The van der Waals surface area contributed by atoms with E-state index in [0.29, 0.717) is 28.7 Å². The van der Waals surface area contributed by atoms with Crippen molar-refractivity contribution in [3.8, 4) is 0 Å². The second-order valence-electron chi connectivity index (χ2n) is 6.68. The predicted molar refractivity (Wildman–Crippen MR) is 106 cm³/mol. The summed E-state index contributed by atoms with van der Waals surface area (Å²) >= 11 is 7.71. The van der Waals surface area contributed by atoms with E-state index in [1.54, 1.807) is 15.8 Å². The molecule has 0 unspecified atom stereocenters. The molecule has 0 radical (unpaired) electrons. The number of thiazole rings is 1. The van der Waals surface area contributed by atoms with E-state index >= 15 is 0 Å². The van der Waals surface area contributed by atoms with Crippen molar-refractivity contribution in [3.05, 3.63) is 49.4 Å². The molecule has 0 spiro atoms. The Morgan fingerprint density at radius 2 is 1.85 bits per heavy atom. The molecule has 7 nitrogen and oxygen atoms in total. The summed E-state index contributed by atoms with van der Waals surface area (Å²) in [6, 6.07) is 0. The summed E-state index contributed by atoms with van der Waals surface area (Å²) in [7, 11) is 3.72. The van der Waals surface area contributed by atoms with Crippen LogP contribution in [0.2, 0.25) is 5.02 Å². The maximum Gasteiger partial charge on any atom is 0.266 e. The van der Waals surface area contributed by atoms with E-state index in [0.717, 1.165) is 27.7 Å². The molecule has 0 N–H and O–H groups in total. The zero-order chi connectivity index (χ0) is 19.9. The van der Waals surface area contributed by atoms with Crippen molar-refractivity contribution >= 4 is 28.8 Å². The summed E-state index contributed by atoms with van der Waals surface area (Å²) in [5.74, 6) is -0.0672. The van der Waals surface area contributed by atoms with Gasteiger partial charge in [0.1, 0.15) is 10.6 Å². The fourth-order valence-electron chi connectivity index (χ4n) is 3.10. The molecule has 3 aromatic heterocycles. The van der Waals surface area contributed by atoms with Gasteiger partial charge in [-0.05, 0) is 27.7 Å². The van der Waals surface area contributed by atoms with Crippen LogP contribution in [-0.4, -0.2) is 35.4 Å². The Kier molecular flexibility index (Phi) is 5.39. The Bertz CT molecular complexity index is 1000. The van der Waals surface area contributed by atoms with Crippen LogP contribution < -0.4 is 0 Å². The van der Waals surface area contributed by atoms with Gasteiger partial charge in [0, 0.05) is 31.5 Å². The molecule has 0 aliphatic carbocycles. The highest BCUT2D eigenvalue weighted by atomic mass is 35.5. The van der Waals surface area contributed by atoms with E-state index in [1.165, 1.54) is 11.3 Å². The number of halogens is 1. The molecule has 0 bridgehead atoms. The van der Waals surface area contributed by atoms with E-state index in [9.17, 15) is 4.79 Å². The molecule has 0 aromatic carbocycles. The van der Waals surface area contributed by atoms with Gasteiger partial charge in [-0.15, -0.1) is 11.3 Å². The predicted octanol–water partition coefficient (Wildman–Crippen LogP) is 3.34. The Hall–Kier alpha value is -2.19. The Labute approximate surface area is 167 Å². The molecular formula is C18H23ClN6OS. The number of aromatic nitrogens is 5. The average molecular weight is 407 g/mol. The summed E-state index contributed by atoms with van der Waals surface area (Å²) < 4.78 is 3.49. The normalized spacial score (nSPS) is 11.2. The second-order valence-corrected chi connectivity index (χ2v) is 8.29. The fraction of sp³-hybridized carbons (Fsp3) is 0.444. The van der Waals surface area contributed by atoms with Gasteiger partial charge in [-0.25, -0.2) is 4.98 Å². The van der Waals surface area contributed by atoms with Crippen molar-refractivity contribution < 1.29 is 4.79 Å². The summed E-state index contributed by atoms with van der Waals surface area (Å²) in [4.78, 5) is 20.1. The van der Waals surface area contributed by atoms with Crippen molar-refractivity contribution in [3.63, 3.8) is 0 Å². The van der Waals surface area contributed by atoms with Crippen LogP contribution in [0.1, 0.15) is 43.0 Å². The lowest BCUT2D eigenvalue weighted by Gasteiger charge is -2.22. The van der Waals surface area contributed by atoms with Gasteiger partial charge in [0.05, 0.1) is 34.5 Å². The first kappa shape index (κ1) is 19.6. The molecule has 1 amide bonds. The first-order chi connectivity index (χ1) is 12.7. The van der Waals surface area contributed by atoms with Crippen LogP contribution in [-0.2, 0) is 27.2 Å². The number of rotatable bonds is 5. The number of aryl methyl sites for hydroxylation is 5. The van der Waals surface area contributed by atoms with E-state index in [1.807, 2.05) is 46.5 Å². The van der Waals surface area contributed by atoms with Gasteiger partial charge in [0.15, 0.2) is 0 Å².